The predicted molar refractivity (Wildman–Crippen MR) is 81.9 cm³/mol. The highest BCUT2D eigenvalue weighted by Gasteiger charge is 2.20. The zero-order chi connectivity index (χ0) is 16.1. The first-order valence-electron chi connectivity index (χ1n) is 6.48. The normalized spacial score (nSPS) is 14.0. The average molecular weight is 371 g/mol. The first kappa shape index (κ1) is 16.3. The Morgan fingerprint density at radius 2 is 1.95 bits per heavy atom. The average Bonchev–Trinajstić information content (AvgIpc) is 2.53. The maximum absolute atomic E-state index is 11.9. The number of amides is 1. The lowest BCUT2D eigenvalue weighted by molar-refractivity contribution is -0.137. The number of esters is 1. The van der Waals surface area contributed by atoms with Crippen LogP contribution in [0.15, 0.2) is 21.7 Å². The van der Waals surface area contributed by atoms with Gasteiger partial charge in [0.05, 0.1) is 14.2 Å². The van der Waals surface area contributed by atoms with Crippen molar-refractivity contribution in [1.82, 2.24) is 5.43 Å². The summed E-state index contributed by atoms with van der Waals surface area (Å²) < 4.78 is 16.3. The molecular formula is C14H15BrN2O5. The predicted octanol–water partition coefficient (Wildman–Crippen LogP) is 1.78. The van der Waals surface area contributed by atoms with Gasteiger partial charge in [-0.05, 0) is 12.1 Å². The van der Waals surface area contributed by atoms with Crippen LogP contribution in [-0.2, 0) is 20.9 Å². The summed E-state index contributed by atoms with van der Waals surface area (Å²) in [6, 6.07) is 3.46. The SMILES string of the molecule is COc1cc(Br)c(COC(=O)C2=NNC(=O)CC2)cc1OC. The molecule has 1 aromatic carbocycles. The Morgan fingerprint density at radius 1 is 1.27 bits per heavy atom. The molecule has 0 saturated carbocycles. The fourth-order valence-corrected chi connectivity index (χ4v) is 2.29. The lowest BCUT2D eigenvalue weighted by atomic mass is 10.2. The molecule has 0 atom stereocenters. The van der Waals surface area contributed by atoms with Crippen LogP contribution in [0.3, 0.4) is 0 Å². The van der Waals surface area contributed by atoms with Gasteiger partial charge in [0.25, 0.3) is 0 Å². The summed E-state index contributed by atoms with van der Waals surface area (Å²) in [5, 5.41) is 3.69. The molecule has 8 heteroatoms. The first-order chi connectivity index (χ1) is 10.5. The molecular weight excluding hydrogens is 356 g/mol. The molecule has 0 aliphatic carbocycles. The third-order valence-electron chi connectivity index (χ3n) is 3.05. The van der Waals surface area contributed by atoms with Gasteiger partial charge in [-0.15, -0.1) is 0 Å². The van der Waals surface area contributed by atoms with Crippen molar-refractivity contribution in [2.75, 3.05) is 14.2 Å². The van der Waals surface area contributed by atoms with E-state index in [2.05, 4.69) is 26.5 Å². The molecule has 0 fully saturated rings. The molecule has 1 heterocycles. The Balaban J connectivity index is 2.05. The Morgan fingerprint density at radius 3 is 2.55 bits per heavy atom. The second-order valence-electron chi connectivity index (χ2n) is 4.47. The van der Waals surface area contributed by atoms with Gasteiger partial charge >= 0.3 is 5.97 Å². The van der Waals surface area contributed by atoms with Gasteiger partial charge in [-0.1, -0.05) is 15.9 Å². The van der Waals surface area contributed by atoms with Crippen LogP contribution in [0.2, 0.25) is 0 Å². The maximum Gasteiger partial charge on any atom is 0.354 e. The van der Waals surface area contributed by atoms with E-state index in [1.165, 1.54) is 7.11 Å². The van der Waals surface area contributed by atoms with Crippen LogP contribution in [0.1, 0.15) is 18.4 Å². The quantitative estimate of drug-likeness (QED) is 0.798. The summed E-state index contributed by atoms with van der Waals surface area (Å²) in [6.45, 7) is 0.0484. The number of methoxy groups -OCH3 is 2. The summed E-state index contributed by atoms with van der Waals surface area (Å²) in [6.07, 6.45) is 0.506. The minimum atomic E-state index is -0.554. The molecule has 118 valence electrons. The monoisotopic (exact) mass is 370 g/mol. The zero-order valence-electron chi connectivity index (χ0n) is 12.1. The molecule has 0 unspecified atom stereocenters. The van der Waals surface area contributed by atoms with Crippen LogP contribution < -0.4 is 14.9 Å². The second kappa shape index (κ2) is 7.26. The van der Waals surface area contributed by atoms with Crippen LogP contribution in [0.4, 0.5) is 0 Å². The molecule has 0 saturated heterocycles. The number of ether oxygens (including phenoxy) is 3. The van der Waals surface area contributed by atoms with Gasteiger partial charge in [0.2, 0.25) is 5.91 Å². The van der Waals surface area contributed by atoms with Gasteiger partial charge in [0.15, 0.2) is 11.5 Å². The summed E-state index contributed by atoms with van der Waals surface area (Å²) in [5.74, 6) is 0.351. The standard InChI is InChI=1S/C14H15BrN2O5/c1-20-11-5-8(9(15)6-12(11)21-2)7-22-14(19)10-3-4-13(18)17-16-10/h5-6H,3-4,7H2,1-2H3,(H,17,18). The van der Waals surface area contributed by atoms with Crippen molar-refractivity contribution in [2.24, 2.45) is 5.10 Å². The number of hydrogen-bond acceptors (Lipinski definition) is 6. The Kier molecular flexibility index (Phi) is 5.37. The Bertz CT molecular complexity index is 630. The highest BCUT2D eigenvalue weighted by atomic mass is 79.9. The molecule has 7 nitrogen and oxygen atoms in total. The summed E-state index contributed by atoms with van der Waals surface area (Å²) in [5.41, 5.74) is 3.19. The zero-order valence-corrected chi connectivity index (χ0v) is 13.7. The lowest BCUT2D eigenvalue weighted by Crippen LogP contribution is -2.30. The van der Waals surface area contributed by atoms with Crippen LogP contribution in [0, 0.1) is 0 Å². The topological polar surface area (TPSA) is 86.2 Å². The number of nitrogens with one attached hydrogen (secondary N) is 1. The number of hydrogen-bond donors (Lipinski definition) is 1. The van der Waals surface area contributed by atoms with E-state index >= 15 is 0 Å². The van der Waals surface area contributed by atoms with Crippen molar-refractivity contribution in [3.05, 3.63) is 22.2 Å². The van der Waals surface area contributed by atoms with Gasteiger partial charge in [0, 0.05) is 22.9 Å². The highest BCUT2D eigenvalue weighted by Crippen LogP contribution is 2.33. The molecule has 1 aliphatic heterocycles. The molecule has 0 bridgehead atoms. The molecule has 22 heavy (non-hydrogen) atoms. The minimum absolute atomic E-state index is 0.0484. The number of halogens is 1. The number of nitrogens with zero attached hydrogens (tertiary/aromatic N) is 1. The van der Waals surface area contributed by atoms with Gasteiger partial charge < -0.3 is 14.2 Å². The number of carbonyl (C=O) groups is 2. The Hall–Kier alpha value is -2.09. The molecule has 1 aliphatic rings. The van der Waals surface area contributed by atoms with E-state index in [-0.39, 0.29) is 31.1 Å². The van der Waals surface area contributed by atoms with Crippen molar-refractivity contribution >= 4 is 33.5 Å². The van der Waals surface area contributed by atoms with Crippen LogP contribution in [-0.4, -0.2) is 31.8 Å². The van der Waals surface area contributed by atoms with E-state index in [0.29, 0.717) is 11.5 Å². The fourth-order valence-electron chi connectivity index (χ4n) is 1.85. The molecule has 0 radical (unpaired) electrons. The van der Waals surface area contributed by atoms with E-state index in [1.807, 2.05) is 0 Å². The van der Waals surface area contributed by atoms with E-state index < -0.39 is 5.97 Å². The minimum Gasteiger partial charge on any atom is -0.493 e. The first-order valence-corrected chi connectivity index (χ1v) is 7.27. The number of carbonyl (C=O) groups excluding carboxylic acids is 2. The van der Waals surface area contributed by atoms with Crippen molar-refractivity contribution < 1.29 is 23.8 Å². The highest BCUT2D eigenvalue weighted by molar-refractivity contribution is 9.10. The molecule has 0 spiro atoms. The van der Waals surface area contributed by atoms with Gasteiger partial charge in [-0.2, -0.15) is 5.10 Å². The van der Waals surface area contributed by atoms with Crippen LogP contribution >= 0.6 is 15.9 Å². The lowest BCUT2D eigenvalue weighted by Gasteiger charge is -2.14. The summed E-state index contributed by atoms with van der Waals surface area (Å²) in [4.78, 5) is 22.9. The maximum atomic E-state index is 11.9. The van der Waals surface area contributed by atoms with Gasteiger partial charge in [-0.25, -0.2) is 10.2 Å². The third-order valence-corrected chi connectivity index (χ3v) is 3.79. The number of benzene rings is 1. The summed E-state index contributed by atoms with van der Waals surface area (Å²) in [7, 11) is 3.07. The molecule has 1 N–H and O–H groups in total. The van der Waals surface area contributed by atoms with E-state index in [1.54, 1.807) is 19.2 Å². The Labute approximate surface area is 135 Å². The van der Waals surface area contributed by atoms with Crippen molar-refractivity contribution in [3.8, 4) is 11.5 Å². The van der Waals surface area contributed by atoms with Crippen molar-refractivity contribution in [1.29, 1.82) is 0 Å². The van der Waals surface area contributed by atoms with E-state index in [0.717, 1.165) is 10.0 Å². The fraction of sp³-hybridized carbons (Fsp3) is 0.357. The number of rotatable bonds is 5. The number of hydrazone groups is 1. The van der Waals surface area contributed by atoms with E-state index in [9.17, 15) is 9.59 Å². The van der Waals surface area contributed by atoms with Crippen LogP contribution in [0.25, 0.3) is 0 Å². The van der Waals surface area contributed by atoms with Crippen molar-refractivity contribution in [3.63, 3.8) is 0 Å². The van der Waals surface area contributed by atoms with Crippen LogP contribution in [0.5, 0.6) is 11.5 Å². The molecule has 0 aromatic heterocycles. The third kappa shape index (κ3) is 3.76. The second-order valence-corrected chi connectivity index (χ2v) is 5.32. The van der Waals surface area contributed by atoms with Gasteiger partial charge in [0.1, 0.15) is 12.3 Å². The largest absolute Gasteiger partial charge is 0.493 e. The smallest absolute Gasteiger partial charge is 0.354 e. The molecule has 1 amide bonds. The summed E-state index contributed by atoms with van der Waals surface area (Å²) >= 11 is 3.39. The molecule has 2 rings (SSSR count). The van der Waals surface area contributed by atoms with Crippen molar-refractivity contribution in [2.45, 2.75) is 19.4 Å². The molecule has 1 aromatic rings. The van der Waals surface area contributed by atoms with E-state index in [4.69, 9.17) is 14.2 Å². The van der Waals surface area contributed by atoms with Gasteiger partial charge in [-0.3, -0.25) is 4.79 Å².